The highest BCUT2D eigenvalue weighted by atomic mass is 32.1. The van der Waals surface area contributed by atoms with Gasteiger partial charge in [0.25, 0.3) is 5.88 Å². The van der Waals surface area contributed by atoms with E-state index in [2.05, 4.69) is 25.5 Å². The van der Waals surface area contributed by atoms with Gasteiger partial charge in [-0.1, -0.05) is 0 Å². The molecule has 230 valence electrons. The van der Waals surface area contributed by atoms with Crippen LogP contribution in [0.1, 0.15) is 55.0 Å². The molecule has 0 amide bonds. The fourth-order valence-electron chi connectivity index (χ4n) is 6.18. The number of nitrogens with zero attached hydrogens (tertiary/aromatic N) is 5. The van der Waals surface area contributed by atoms with Crippen LogP contribution in [0.15, 0.2) is 12.1 Å². The van der Waals surface area contributed by atoms with Gasteiger partial charge in [-0.25, -0.2) is 0 Å². The van der Waals surface area contributed by atoms with Crippen molar-refractivity contribution in [3.63, 3.8) is 0 Å². The van der Waals surface area contributed by atoms with Crippen LogP contribution in [0.5, 0.6) is 17.6 Å². The molecule has 3 aromatic heterocycles. The fraction of sp³-hybridized carbons (Fsp3) is 0.643. The number of hydrogen-bond acceptors (Lipinski definition) is 11. The quantitative estimate of drug-likeness (QED) is 0.340. The Kier molecular flexibility index (Phi) is 9.23. The van der Waals surface area contributed by atoms with E-state index in [4.69, 9.17) is 14.2 Å². The number of thiophene rings is 1. The topological polar surface area (TPSA) is 115 Å². The first-order valence-corrected chi connectivity index (χ1v) is 14.9. The average molecular weight is 611 g/mol. The smallest absolute Gasteiger partial charge is 0.393 e. The van der Waals surface area contributed by atoms with E-state index < -0.39 is 18.7 Å². The van der Waals surface area contributed by atoms with Gasteiger partial charge in [0.15, 0.2) is 5.75 Å². The number of nitrogens with one attached hydrogen (secondary N) is 1. The summed E-state index contributed by atoms with van der Waals surface area (Å²) in [6, 6.07) is 3.36. The van der Waals surface area contributed by atoms with Gasteiger partial charge in [0.2, 0.25) is 0 Å². The zero-order valence-corrected chi connectivity index (χ0v) is 25.0. The van der Waals surface area contributed by atoms with Crippen molar-refractivity contribution in [3.05, 3.63) is 22.7 Å². The number of halogens is 3. The van der Waals surface area contributed by atoms with Crippen LogP contribution < -0.4 is 24.4 Å². The highest BCUT2D eigenvalue weighted by Crippen LogP contribution is 2.39. The Morgan fingerprint density at radius 3 is 2.45 bits per heavy atom. The zero-order valence-electron chi connectivity index (χ0n) is 24.1. The van der Waals surface area contributed by atoms with Gasteiger partial charge in [-0.15, -0.1) is 16.4 Å². The zero-order chi connectivity index (χ0) is 30.0. The van der Waals surface area contributed by atoms with E-state index in [1.165, 1.54) is 13.2 Å². The number of rotatable bonds is 10. The molecule has 42 heavy (non-hydrogen) atoms. The van der Waals surface area contributed by atoms with Crippen LogP contribution in [0.2, 0.25) is 0 Å². The van der Waals surface area contributed by atoms with Crippen LogP contribution in [-0.4, -0.2) is 84.6 Å². The lowest BCUT2D eigenvalue weighted by Crippen LogP contribution is -2.39. The molecular formula is C28H37F3N6O4S. The molecule has 2 fully saturated rings. The van der Waals surface area contributed by atoms with Crippen molar-refractivity contribution in [2.45, 2.75) is 75.2 Å². The molecule has 0 aliphatic heterocycles. The fourth-order valence-corrected chi connectivity index (χ4v) is 7.22. The predicted molar refractivity (Wildman–Crippen MR) is 153 cm³/mol. The van der Waals surface area contributed by atoms with Gasteiger partial charge in [0, 0.05) is 30.0 Å². The minimum Gasteiger partial charge on any atom is -0.491 e. The summed E-state index contributed by atoms with van der Waals surface area (Å²) >= 11 is 0.983. The standard InChI is InChI=1S/C28H37F3N6O4S/c1-37(24-19-11-18(13-28(29,30)31)42-26(19)34-27(33-24)41-4)21-9-17(10-22(21)38)32-14-15-5-7-16(8-6-15)20-12-23(39-2)25(40-3)36-35-20/h11-12,15-17,21-22,32,38H,5-10,13-14H2,1-4H3/t15-,16+,17-,21+,22-/m1/s1. The number of anilines is 1. The molecule has 0 saturated heterocycles. The minimum absolute atomic E-state index is 0.0848. The molecule has 2 saturated carbocycles. The summed E-state index contributed by atoms with van der Waals surface area (Å²) in [6.45, 7) is 0.856. The second-order valence-corrected chi connectivity index (χ2v) is 12.3. The lowest BCUT2D eigenvalue weighted by Gasteiger charge is -2.30. The summed E-state index contributed by atoms with van der Waals surface area (Å²) in [7, 11) is 6.38. The van der Waals surface area contributed by atoms with Crippen molar-refractivity contribution < 1.29 is 32.5 Å². The maximum absolute atomic E-state index is 13.1. The van der Waals surface area contributed by atoms with Gasteiger partial charge >= 0.3 is 12.2 Å². The third-order valence-corrected chi connectivity index (χ3v) is 9.44. The van der Waals surface area contributed by atoms with Gasteiger partial charge in [0.1, 0.15) is 10.6 Å². The number of aromatic nitrogens is 4. The minimum atomic E-state index is -4.32. The van der Waals surface area contributed by atoms with Gasteiger partial charge in [-0.3, -0.25) is 0 Å². The Bertz CT molecular complexity index is 1370. The van der Waals surface area contributed by atoms with Crippen LogP contribution >= 0.6 is 11.3 Å². The predicted octanol–water partition coefficient (Wildman–Crippen LogP) is 4.50. The Morgan fingerprint density at radius 2 is 1.79 bits per heavy atom. The second-order valence-electron chi connectivity index (χ2n) is 11.1. The maximum Gasteiger partial charge on any atom is 0.393 e. The van der Waals surface area contributed by atoms with Gasteiger partial charge in [-0.05, 0) is 57.1 Å². The van der Waals surface area contributed by atoms with E-state index in [-0.39, 0.29) is 23.0 Å². The largest absolute Gasteiger partial charge is 0.491 e. The van der Waals surface area contributed by atoms with Crippen LogP contribution in [0, 0.1) is 5.92 Å². The first-order chi connectivity index (χ1) is 20.1. The molecule has 2 aliphatic carbocycles. The molecule has 0 radical (unpaired) electrons. The highest BCUT2D eigenvalue weighted by Gasteiger charge is 2.38. The van der Waals surface area contributed by atoms with E-state index >= 15 is 0 Å². The molecule has 14 heteroatoms. The second kappa shape index (κ2) is 12.7. The number of likely N-dealkylation sites (N-methyl/N-ethyl adjacent to an activating group) is 1. The van der Waals surface area contributed by atoms with Crippen molar-refractivity contribution in [1.82, 2.24) is 25.5 Å². The summed E-state index contributed by atoms with van der Waals surface area (Å²) in [5.74, 6) is 2.28. The number of hydrogen-bond donors (Lipinski definition) is 2. The summed E-state index contributed by atoms with van der Waals surface area (Å²) in [6.07, 6.45) is -0.553. The molecular weight excluding hydrogens is 573 g/mol. The average Bonchev–Trinajstić information content (AvgIpc) is 3.55. The summed E-state index contributed by atoms with van der Waals surface area (Å²) in [4.78, 5) is 11.2. The molecule has 10 nitrogen and oxygen atoms in total. The number of fused-ring (bicyclic) bond motifs is 1. The van der Waals surface area contributed by atoms with E-state index in [1.807, 2.05) is 18.0 Å². The Hall–Kier alpha value is -2.97. The molecule has 2 N–H and O–H groups in total. The normalized spacial score (nSPS) is 24.6. The third kappa shape index (κ3) is 6.81. The molecule has 0 unspecified atom stereocenters. The Morgan fingerprint density at radius 1 is 1.02 bits per heavy atom. The van der Waals surface area contributed by atoms with E-state index in [1.54, 1.807) is 14.2 Å². The van der Waals surface area contributed by atoms with Gasteiger partial charge < -0.3 is 29.5 Å². The Balaban J connectivity index is 1.18. The maximum atomic E-state index is 13.1. The monoisotopic (exact) mass is 610 g/mol. The number of methoxy groups -OCH3 is 3. The molecule has 3 aromatic rings. The molecule has 5 rings (SSSR count). The van der Waals surface area contributed by atoms with Crippen LogP contribution in [-0.2, 0) is 6.42 Å². The first-order valence-electron chi connectivity index (χ1n) is 14.1. The van der Waals surface area contributed by atoms with Crippen LogP contribution in [0.3, 0.4) is 0 Å². The van der Waals surface area contributed by atoms with Crippen molar-refractivity contribution >= 4 is 27.4 Å². The number of alkyl halides is 3. The van der Waals surface area contributed by atoms with E-state index in [0.717, 1.165) is 49.3 Å². The molecule has 0 aromatic carbocycles. The number of ether oxygens (including phenoxy) is 3. The summed E-state index contributed by atoms with van der Waals surface area (Å²) < 4.78 is 55.0. The molecule has 0 bridgehead atoms. The third-order valence-electron chi connectivity index (χ3n) is 8.41. The van der Waals surface area contributed by atoms with Gasteiger partial charge in [0.05, 0.1) is 51.0 Å². The van der Waals surface area contributed by atoms with Crippen molar-refractivity contribution in [2.24, 2.45) is 5.92 Å². The summed E-state index contributed by atoms with van der Waals surface area (Å²) in [5.41, 5.74) is 0.926. The summed E-state index contributed by atoms with van der Waals surface area (Å²) in [5, 5.41) is 23.7. The van der Waals surface area contributed by atoms with Crippen molar-refractivity contribution in [1.29, 1.82) is 0 Å². The molecule has 3 atom stereocenters. The van der Waals surface area contributed by atoms with Crippen LogP contribution in [0.4, 0.5) is 19.0 Å². The van der Waals surface area contributed by atoms with Crippen molar-refractivity contribution in [3.8, 4) is 17.6 Å². The van der Waals surface area contributed by atoms with E-state index in [0.29, 0.717) is 52.3 Å². The number of aliphatic hydroxyl groups is 1. The lowest BCUT2D eigenvalue weighted by atomic mass is 9.80. The lowest BCUT2D eigenvalue weighted by molar-refractivity contribution is -0.126. The van der Waals surface area contributed by atoms with Crippen molar-refractivity contribution in [2.75, 3.05) is 39.8 Å². The van der Waals surface area contributed by atoms with Gasteiger partial charge in [-0.2, -0.15) is 28.2 Å². The first kappa shape index (κ1) is 30.5. The molecule has 2 aliphatic rings. The SMILES string of the molecule is COc1nc(N(C)[C@H]2C[C@@H](NC[C@H]3CC[C@@H](c4cc(OC)c(OC)nn4)CC3)C[C@H]2O)c2cc(CC(F)(F)F)sc2n1. The Labute approximate surface area is 246 Å². The number of aliphatic hydroxyl groups excluding tert-OH is 1. The molecule has 3 heterocycles. The highest BCUT2D eigenvalue weighted by molar-refractivity contribution is 7.18. The van der Waals surface area contributed by atoms with Crippen LogP contribution in [0.25, 0.3) is 10.2 Å². The van der Waals surface area contributed by atoms with E-state index in [9.17, 15) is 18.3 Å². The molecule has 0 spiro atoms.